The van der Waals surface area contributed by atoms with Crippen LogP contribution in [0.1, 0.15) is 20.3 Å². The van der Waals surface area contributed by atoms with Crippen LogP contribution in [0.5, 0.6) is 5.75 Å². The molecule has 1 saturated heterocycles. The number of hydrogen-bond donors (Lipinski definition) is 3. The van der Waals surface area contributed by atoms with Gasteiger partial charge in [0.05, 0.1) is 15.5 Å². The van der Waals surface area contributed by atoms with Crippen molar-refractivity contribution in [1.29, 1.82) is 0 Å². The van der Waals surface area contributed by atoms with E-state index in [1.807, 2.05) is 13.8 Å². The highest BCUT2D eigenvalue weighted by Gasteiger charge is 2.43. The number of benzene rings is 1. The lowest BCUT2D eigenvalue weighted by molar-refractivity contribution is -0.126. The van der Waals surface area contributed by atoms with Gasteiger partial charge in [0, 0.05) is 12.2 Å². The Labute approximate surface area is 128 Å². The smallest absolute Gasteiger partial charge is 0.232 e. The molecule has 1 atom stereocenters. The molecule has 110 valence electrons. The number of amides is 1. The molecule has 1 aromatic carbocycles. The Hall–Kier alpha value is -0.970. The Bertz CT molecular complexity index is 503. The van der Waals surface area contributed by atoms with E-state index in [9.17, 15) is 9.90 Å². The molecular formula is C14H18Cl2N2O2. The fourth-order valence-electron chi connectivity index (χ4n) is 2.55. The van der Waals surface area contributed by atoms with Crippen molar-refractivity contribution in [2.24, 2.45) is 11.3 Å². The SMILES string of the molecule is CC(C)C1(C(=O)Nc2cc(Cl)c(O)c(Cl)c2)CCNC1. The average Bonchev–Trinajstić information content (AvgIpc) is 2.86. The van der Waals surface area contributed by atoms with E-state index < -0.39 is 5.41 Å². The van der Waals surface area contributed by atoms with Gasteiger partial charge in [-0.15, -0.1) is 0 Å². The van der Waals surface area contributed by atoms with Crippen molar-refractivity contribution in [1.82, 2.24) is 5.32 Å². The van der Waals surface area contributed by atoms with Gasteiger partial charge in [0.1, 0.15) is 0 Å². The minimum atomic E-state index is -0.420. The van der Waals surface area contributed by atoms with Crippen LogP contribution in [0.3, 0.4) is 0 Å². The van der Waals surface area contributed by atoms with Crippen molar-refractivity contribution < 1.29 is 9.90 Å². The number of hydrogen-bond acceptors (Lipinski definition) is 3. The van der Waals surface area contributed by atoms with Crippen LogP contribution in [-0.4, -0.2) is 24.1 Å². The number of anilines is 1. The van der Waals surface area contributed by atoms with E-state index in [1.54, 1.807) is 0 Å². The molecule has 2 rings (SSSR count). The van der Waals surface area contributed by atoms with Crippen molar-refractivity contribution in [2.45, 2.75) is 20.3 Å². The zero-order valence-electron chi connectivity index (χ0n) is 11.5. The van der Waals surface area contributed by atoms with Gasteiger partial charge in [-0.25, -0.2) is 0 Å². The minimum Gasteiger partial charge on any atom is -0.505 e. The third-order valence-corrected chi connectivity index (χ3v) is 4.60. The van der Waals surface area contributed by atoms with E-state index in [0.29, 0.717) is 12.2 Å². The van der Waals surface area contributed by atoms with E-state index in [-0.39, 0.29) is 27.6 Å². The van der Waals surface area contributed by atoms with Crippen molar-refractivity contribution >= 4 is 34.8 Å². The van der Waals surface area contributed by atoms with Crippen molar-refractivity contribution in [3.8, 4) is 5.75 Å². The van der Waals surface area contributed by atoms with Gasteiger partial charge in [-0.1, -0.05) is 37.0 Å². The summed E-state index contributed by atoms with van der Waals surface area (Å²) in [6.07, 6.45) is 0.802. The van der Waals surface area contributed by atoms with Gasteiger partial charge in [-0.2, -0.15) is 0 Å². The summed E-state index contributed by atoms with van der Waals surface area (Å²) in [5.74, 6) is 0.00307. The number of carbonyl (C=O) groups excluding carboxylic acids is 1. The Balaban J connectivity index is 2.23. The maximum absolute atomic E-state index is 12.6. The van der Waals surface area contributed by atoms with Crippen LogP contribution in [0.15, 0.2) is 12.1 Å². The van der Waals surface area contributed by atoms with Crippen molar-refractivity contribution in [2.75, 3.05) is 18.4 Å². The number of aromatic hydroxyl groups is 1. The van der Waals surface area contributed by atoms with Gasteiger partial charge in [0.15, 0.2) is 5.75 Å². The third kappa shape index (κ3) is 2.73. The van der Waals surface area contributed by atoms with Crippen LogP contribution in [0, 0.1) is 11.3 Å². The van der Waals surface area contributed by atoms with Crippen LogP contribution in [-0.2, 0) is 4.79 Å². The molecule has 1 aliphatic rings. The molecule has 0 spiro atoms. The van der Waals surface area contributed by atoms with E-state index in [0.717, 1.165) is 13.0 Å². The van der Waals surface area contributed by atoms with Crippen LogP contribution >= 0.6 is 23.2 Å². The monoisotopic (exact) mass is 316 g/mol. The second-order valence-electron chi connectivity index (χ2n) is 5.48. The zero-order chi connectivity index (χ0) is 14.9. The van der Waals surface area contributed by atoms with Gasteiger partial charge in [0.25, 0.3) is 0 Å². The summed E-state index contributed by atoms with van der Waals surface area (Å²) in [5.41, 5.74) is 0.0753. The topological polar surface area (TPSA) is 61.4 Å². The highest BCUT2D eigenvalue weighted by molar-refractivity contribution is 6.37. The predicted octanol–water partition coefficient (Wildman–Crippen LogP) is 3.27. The zero-order valence-corrected chi connectivity index (χ0v) is 13.0. The molecule has 1 heterocycles. The number of nitrogens with one attached hydrogen (secondary N) is 2. The Morgan fingerprint density at radius 3 is 2.45 bits per heavy atom. The van der Waals surface area contributed by atoms with Gasteiger partial charge in [-0.05, 0) is 31.0 Å². The number of carbonyl (C=O) groups is 1. The van der Waals surface area contributed by atoms with Crippen LogP contribution in [0.25, 0.3) is 0 Å². The molecule has 3 N–H and O–H groups in total. The Kier molecular flexibility index (Phi) is 4.47. The standard InChI is InChI=1S/C14H18Cl2N2O2/c1-8(2)14(3-4-17-7-14)13(20)18-9-5-10(15)12(19)11(16)6-9/h5-6,8,17,19H,3-4,7H2,1-2H3,(H,18,20). The van der Waals surface area contributed by atoms with Gasteiger partial charge >= 0.3 is 0 Å². The summed E-state index contributed by atoms with van der Waals surface area (Å²) in [5, 5.41) is 15.9. The molecule has 20 heavy (non-hydrogen) atoms. The lowest BCUT2D eigenvalue weighted by atomic mass is 9.75. The summed E-state index contributed by atoms with van der Waals surface area (Å²) in [6.45, 7) is 5.59. The number of halogens is 2. The fraction of sp³-hybridized carbons (Fsp3) is 0.500. The maximum Gasteiger partial charge on any atom is 0.232 e. The molecule has 1 amide bonds. The molecule has 1 aliphatic heterocycles. The van der Waals surface area contributed by atoms with Crippen LogP contribution < -0.4 is 10.6 Å². The van der Waals surface area contributed by atoms with E-state index in [1.165, 1.54) is 12.1 Å². The summed E-state index contributed by atoms with van der Waals surface area (Å²) < 4.78 is 0. The lowest BCUT2D eigenvalue weighted by Crippen LogP contribution is -2.42. The number of phenolic OH excluding ortho intramolecular Hbond substituents is 1. The summed E-state index contributed by atoms with van der Waals surface area (Å²) in [6, 6.07) is 2.99. The molecule has 0 bridgehead atoms. The molecule has 0 aliphatic carbocycles. The minimum absolute atomic E-state index is 0.0460. The molecule has 6 heteroatoms. The van der Waals surface area contributed by atoms with E-state index in [2.05, 4.69) is 10.6 Å². The molecule has 0 saturated carbocycles. The fourth-order valence-corrected chi connectivity index (χ4v) is 3.04. The molecule has 1 unspecified atom stereocenters. The highest BCUT2D eigenvalue weighted by Crippen LogP contribution is 2.38. The number of phenols is 1. The first kappa shape index (κ1) is 15.4. The van der Waals surface area contributed by atoms with Crippen molar-refractivity contribution in [3.63, 3.8) is 0 Å². The first-order chi connectivity index (χ1) is 9.36. The largest absolute Gasteiger partial charge is 0.505 e. The number of rotatable bonds is 3. The lowest BCUT2D eigenvalue weighted by Gasteiger charge is -2.31. The first-order valence-corrected chi connectivity index (χ1v) is 7.32. The summed E-state index contributed by atoms with van der Waals surface area (Å²) >= 11 is 11.7. The Morgan fingerprint density at radius 1 is 1.40 bits per heavy atom. The van der Waals surface area contributed by atoms with Gasteiger partial charge in [-0.3, -0.25) is 4.79 Å². The third-order valence-electron chi connectivity index (χ3n) is 4.02. The molecule has 0 aromatic heterocycles. The molecule has 0 radical (unpaired) electrons. The quantitative estimate of drug-likeness (QED) is 0.750. The predicted molar refractivity (Wildman–Crippen MR) is 81.5 cm³/mol. The highest BCUT2D eigenvalue weighted by atomic mass is 35.5. The van der Waals surface area contributed by atoms with E-state index in [4.69, 9.17) is 23.2 Å². The Morgan fingerprint density at radius 2 is 2.00 bits per heavy atom. The average molecular weight is 317 g/mol. The first-order valence-electron chi connectivity index (χ1n) is 6.57. The van der Waals surface area contributed by atoms with Crippen LogP contribution in [0.2, 0.25) is 10.0 Å². The van der Waals surface area contributed by atoms with Gasteiger partial charge in [0.2, 0.25) is 5.91 Å². The van der Waals surface area contributed by atoms with Gasteiger partial charge < -0.3 is 15.7 Å². The molecule has 1 aromatic rings. The van der Waals surface area contributed by atoms with Crippen LogP contribution in [0.4, 0.5) is 5.69 Å². The summed E-state index contributed by atoms with van der Waals surface area (Å²) in [4.78, 5) is 12.6. The normalized spacial score (nSPS) is 22.2. The van der Waals surface area contributed by atoms with Crippen molar-refractivity contribution in [3.05, 3.63) is 22.2 Å². The second-order valence-corrected chi connectivity index (χ2v) is 6.29. The molecule has 4 nitrogen and oxygen atoms in total. The second kappa shape index (κ2) is 5.80. The summed E-state index contributed by atoms with van der Waals surface area (Å²) in [7, 11) is 0. The molecule has 1 fully saturated rings. The maximum atomic E-state index is 12.6. The molecular weight excluding hydrogens is 299 g/mol. The van der Waals surface area contributed by atoms with E-state index >= 15 is 0 Å².